The number of nitrogens with two attached hydrogens (primary N) is 1. The lowest BCUT2D eigenvalue weighted by atomic mass is 9.73. The van der Waals surface area contributed by atoms with Crippen molar-refractivity contribution in [2.24, 2.45) is 17.1 Å². The van der Waals surface area contributed by atoms with E-state index in [1.165, 1.54) is 0 Å². The summed E-state index contributed by atoms with van der Waals surface area (Å²) < 4.78 is 0. The molecule has 0 aromatic carbocycles. The van der Waals surface area contributed by atoms with Crippen molar-refractivity contribution in [2.45, 2.75) is 44.9 Å². The lowest BCUT2D eigenvalue weighted by molar-refractivity contribution is -0.129. The Hall–Kier alpha value is -1.17. The fraction of sp³-hybridized carbons (Fsp3) is 0.786. The van der Waals surface area contributed by atoms with Crippen LogP contribution >= 0.6 is 12.2 Å². The normalized spacial score (nSPS) is 21.0. The predicted octanol–water partition coefficient (Wildman–Crippen LogP) is 0.865. The van der Waals surface area contributed by atoms with Crippen LogP contribution in [-0.4, -0.2) is 29.9 Å². The van der Waals surface area contributed by atoms with Crippen molar-refractivity contribution in [3.05, 3.63) is 0 Å². The van der Waals surface area contributed by atoms with E-state index in [0.717, 1.165) is 44.9 Å². The minimum atomic E-state index is -0.673. The van der Waals surface area contributed by atoms with Gasteiger partial charge in [0.1, 0.15) is 0 Å². The van der Waals surface area contributed by atoms with Crippen molar-refractivity contribution < 1.29 is 9.59 Å². The van der Waals surface area contributed by atoms with E-state index < -0.39 is 5.41 Å². The van der Waals surface area contributed by atoms with Crippen LogP contribution in [0.15, 0.2) is 0 Å². The van der Waals surface area contributed by atoms with Gasteiger partial charge in [-0.1, -0.05) is 31.5 Å². The van der Waals surface area contributed by atoms with E-state index in [-0.39, 0.29) is 17.7 Å². The molecule has 0 aromatic heterocycles. The Morgan fingerprint density at radius 1 is 1.10 bits per heavy atom. The van der Waals surface area contributed by atoms with Crippen LogP contribution in [0.3, 0.4) is 0 Å². The zero-order valence-corrected chi connectivity index (χ0v) is 12.6. The van der Waals surface area contributed by atoms with Crippen LogP contribution in [0.1, 0.15) is 44.9 Å². The Labute approximate surface area is 125 Å². The molecule has 6 heteroatoms. The van der Waals surface area contributed by atoms with Gasteiger partial charge in [0.2, 0.25) is 11.8 Å². The minimum absolute atomic E-state index is 0.0784. The molecule has 0 spiro atoms. The van der Waals surface area contributed by atoms with Crippen molar-refractivity contribution >= 4 is 29.0 Å². The average molecular weight is 297 g/mol. The second-order valence-electron chi connectivity index (χ2n) is 5.83. The van der Waals surface area contributed by atoms with E-state index in [1.807, 2.05) is 0 Å². The summed E-state index contributed by atoms with van der Waals surface area (Å²) in [4.78, 5) is 24.1. The van der Waals surface area contributed by atoms with Gasteiger partial charge in [-0.25, -0.2) is 0 Å². The fourth-order valence-corrected chi connectivity index (χ4v) is 3.06. The molecule has 2 amide bonds. The van der Waals surface area contributed by atoms with Gasteiger partial charge in [-0.05, 0) is 25.7 Å². The van der Waals surface area contributed by atoms with Gasteiger partial charge in [-0.15, -0.1) is 0 Å². The van der Waals surface area contributed by atoms with Gasteiger partial charge < -0.3 is 16.4 Å². The highest BCUT2D eigenvalue weighted by Gasteiger charge is 2.42. The van der Waals surface area contributed by atoms with Gasteiger partial charge in [-0.2, -0.15) is 0 Å². The Bertz CT molecular complexity index is 401. The molecule has 0 aliphatic heterocycles. The van der Waals surface area contributed by atoms with Crippen molar-refractivity contribution in [3.8, 4) is 0 Å². The van der Waals surface area contributed by atoms with Crippen LogP contribution in [-0.2, 0) is 9.59 Å². The molecule has 0 heterocycles. The van der Waals surface area contributed by atoms with Crippen molar-refractivity contribution in [1.82, 2.24) is 10.6 Å². The Morgan fingerprint density at radius 3 is 2.25 bits per heavy atom. The number of amides is 2. The molecular formula is C14H23N3O2S. The van der Waals surface area contributed by atoms with Gasteiger partial charge in [0, 0.05) is 19.0 Å². The number of thiocarbonyl (C=S) groups is 1. The largest absolute Gasteiger partial charge is 0.392 e. The summed E-state index contributed by atoms with van der Waals surface area (Å²) in [5.41, 5.74) is 5.13. The van der Waals surface area contributed by atoms with Gasteiger partial charge in [-0.3, -0.25) is 9.59 Å². The molecule has 0 atom stereocenters. The summed E-state index contributed by atoms with van der Waals surface area (Å²) in [6.07, 6.45) is 6.57. The van der Waals surface area contributed by atoms with E-state index in [4.69, 9.17) is 18.0 Å². The molecule has 2 fully saturated rings. The first-order valence-electron chi connectivity index (χ1n) is 7.42. The van der Waals surface area contributed by atoms with Crippen molar-refractivity contribution in [2.75, 3.05) is 13.1 Å². The molecule has 5 nitrogen and oxygen atoms in total. The number of carbonyl (C=O) groups is 2. The number of hydrogen-bond acceptors (Lipinski definition) is 3. The van der Waals surface area contributed by atoms with Crippen LogP contribution in [0.4, 0.5) is 0 Å². The summed E-state index contributed by atoms with van der Waals surface area (Å²) in [6, 6.07) is 0. The summed E-state index contributed by atoms with van der Waals surface area (Å²) in [6.45, 7) is 0.899. The number of hydrogen-bond donors (Lipinski definition) is 3. The predicted molar refractivity (Wildman–Crippen MR) is 81.0 cm³/mol. The first kappa shape index (κ1) is 15.2. The molecule has 0 radical (unpaired) electrons. The third kappa shape index (κ3) is 3.48. The smallest absolute Gasteiger partial charge is 0.233 e. The summed E-state index contributed by atoms with van der Waals surface area (Å²) >= 11 is 5.11. The fourth-order valence-electron chi connectivity index (χ4n) is 2.76. The summed E-state index contributed by atoms with van der Waals surface area (Å²) in [7, 11) is 0. The topological polar surface area (TPSA) is 84.2 Å². The number of nitrogens with one attached hydrogen (secondary N) is 2. The van der Waals surface area contributed by atoms with Gasteiger partial charge in [0.05, 0.1) is 10.4 Å². The first-order chi connectivity index (χ1) is 9.56. The highest BCUT2D eigenvalue weighted by atomic mass is 32.1. The van der Waals surface area contributed by atoms with E-state index in [1.54, 1.807) is 0 Å². The van der Waals surface area contributed by atoms with Crippen LogP contribution in [0.2, 0.25) is 0 Å². The standard InChI is InChI=1S/C14H23N3O2S/c15-12(20)14(6-2-1-3-7-14)13(19)17-9-8-16-11(18)10-4-5-10/h10H,1-9H2,(H2,15,20)(H,16,18)(H,17,19). The van der Waals surface area contributed by atoms with Crippen LogP contribution in [0.25, 0.3) is 0 Å². The molecule has 0 saturated heterocycles. The second-order valence-corrected chi connectivity index (χ2v) is 6.27. The second kappa shape index (κ2) is 6.52. The molecule has 2 saturated carbocycles. The SMILES string of the molecule is NC(=S)C1(C(=O)NCCNC(=O)C2CC2)CCCCC1. The number of rotatable bonds is 6. The van der Waals surface area contributed by atoms with Gasteiger partial charge >= 0.3 is 0 Å². The molecule has 112 valence electrons. The highest BCUT2D eigenvalue weighted by Crippen LogP contribution is 2.36. The molecule has 2 aliphatic carbocycles. The minimum Gasteiger partial charge on any atom is -0.392 e. The molecular weight excluding hydrogens is 274 g/mol. The van der Waals surface area contributed by atoms with E-state index in [0.29, 0.717) is 18.1 Å². The van der Waals surface area contributed by atoms with Crippen LogP contribution in [0, 0.1) is 11.3 Å². The average Bonchev–Trinajstić information content (AvgIpc) is 3.28. The van der Waals surface area contributed by atoms with Crippen molar-refractivity contribution in [1.29, 1.82) is 0 Å². The van der Waals surface area contributed by atoms with E-state index in [9.17, 15) is 9.59 Å². The maximum absolute atomic E-state index is 12.4. The third-order valence-corrected chi connectivity index (χ3v) is 4.66. The van der Waals surface area contributed by atoms with Gasteiger partial charge in [0.15, 0.2) is 0 Å². The maximum atomic E-state index is 12.4. The molecule has 0 unspecified atom stereocenters. The van der Waals surface area contributed by atoms with E-state index in [2.05, 4.69) is 10.6 Å². The van der Waals surface area contributed by atoms with Crippen molar-refractivity contribution in [3.63, 3.8) is 0 Å². The zero-order chi connectivity index (χ0) is 14.6. The molecule has 0 bridgehead atoms. The Balaban J connectivity index is 1.76. The molecule has 2 rings (SSSR count). The molecule has 20 heavy (non-hydrogen) atoms. The number of carbonyl (C=O) groups excluding carboxylic acids is 2. The quantitative estimate of drug-likeness (QED) is 0.501. The molecule has 0 aromatic rings. The Kier molecular flexibility index (Phi) is 4.96. The monoisotopic (exact) mass is 297 g/mol. The van der Waals surface area contributed by atoms with Gasteiger partial charge in [0.25, 0.3) is 0 Å². The molecule has 2 aliphatic rings. The lowest BCUT2D eigenvalue weighted by Gasteiger charge is -2.34. The lowest BCUT2D eigenvalue weighted by Crippen LogP contribution is -2.51. The van der Waals surface area contributed by atoms with Crippen LogP contribution < -0.4 is 16.4 Å². The van der Waals surface area contributed by atoms with Crippen LogP contribution in [0.5, 0.6) is 0 Å². The zero-order valence-electron chi connectivity index (χ0n) is 11.7. The maximum Gasteiger partial charge on any atom is 0.233 e. The third-order valence-electron chi connectivity index (χ3n) is 4.27. The summed E-state index contributed by atoms with van der Waals surface area (Å²) in [5.74, 6) is 0.221. The Morgan fingerprint density at radius 2 is 1.70 bits per heavy atom. The first-order valence-corrected chi connectivity index (χ1v) is 7.83. The summed E-state index contributed by atoms with van der Waals surface area (Å²) in [5, 5.41) is 5.69. The highest BCUT2D eigenvalue weighted by molar-refractivity contribution is 7.80. The van der Waals surface area contributed by atoms with E-state index >= 15 is 0 Å². The molecule has 4 N–H and O–H groups in total.